The monoisotopic (exact) mass is 463 g/mol. The molecule has 170 valence electrons. The van der Waals surface area contributed by atoms with E-state index in [-0.39, 0.29) is 11.5 Å². The number of anilines is 1. The largest absolute Gasteiger partial charge is 0.497 e. The zero-order valence-electron chi connectivity index (χ0n) is 18.9. The van der Waals surface area contributed by atoms with Gasteiger partial charge in [-0.05, 0) is 31.0 Å². The summed E-state index contributed by atoms with van der Waals surface area (Å²) in [5, 5.41) is 3.42. The van der Waals surface area contributed by atoms with Crippen LogP contribution in [0.1, 0.15) is 24.3 Å². The average Bonchev–Trinajstić information content (AvgIpc) is 3.18. The number of rotatable bonds is 7. The highest BCUT2D eigenvalue weighted by Gasteiger charge is 2.24. The molecule has 4 aromatic rings. The summed E-state index contributed by atoms with van der Waals surface area (Å²) in [6, 6.07) is 14.2. The summed E-state index contributed by atoms with van der Waals surface area (Å²) in [4.78, 5) is 33.1. The Morgan fingerprint density at radius 3 is 2.58 bits per heavy atom. The molecule has 2 heterocycles. The first kappa shape index (κ1) is 22.5. The van der Waals surface area contributed by atoms with Crippen molar-refractivity contribution in [3.8, 4) is 22.6 Å². The average molecular weight is 464 g/mol. The molecule has 1 atom stereocenters. The fourth-order valence-electron chi connectivity index (χ4n) is 3.93. The van der Waals surface area contributed by atoms with Crippen LogP contribution in [0.2, 0.25) is 0 Å². The molecule has 0 fully saturated rings. The van der Waals surface area contributed by atoms with Gasteiger partial charge in [0.2, 0.25) is 5.91 Å². The standard InChI is InChI=1S/C25H25N3O4S/c1-5-19(23(29)27-18-13-17(31-3)11-12-20(18)32-4)28-14-26-24-22(25(28)30)21(15(2)33-24)16-9-7-6-8-10-16/h6-14,19H,5H2,1-4H3,(H,27,29). The number of benzene rings is 2. The lowest BCUT2D eigenvalue weighted by atomic mass is 10.0. The maximum atomic E-state index is 13.6. The van der Waals surface area contributed by atoms with E-state index in [1.807, 2.05) is 44.2 Å². The zero-order chi connectivity index (χ0) is 23.5. The second-order valence-electron chi connectivity index (χ2n) is 7.52. The topological polar surface area (TPSA) is 82.4 Å². The summed E-state index contributed by atoms with van der Waals surface area (Å²) >= 11 is 1.48. The quantitative estimate of drug-likeness (QED) is 0.415. The molecule has 7 nitrogen and oxygen atoms in total. The maximum Gasteiger partial charge on any atom is 0.263 e. The van der Waals surface area contributed by atoms with Gasteiger partial charge in [-0.3, -0.25) is 14.2 Å². The summed E-state index contributed by atoms with van der Waals surface area (Å²) in [7, 11) is 3.08. The van der Waals surface area contributed by atoms with Gasteiger partial charge in [0.05, 0.1) is 31.6 Å². The molecule has 1 amide bonds. The number of aromatic nitrogens is 2. The van der Waals surface area contributed by atoms with E-state index in [4.69, 9.17) is 9.47 Å². The van der Waals surface area contributed by atoms with Gasteiger partial charge in [0.25, 0.3) is 5.56 Å². The highest BCUT2D eigenvalue weighted by Crippen LogP contribution is 2.35. The molecule has 33 heavy (non-hydrogen) atoms. The molecule has 1 N–H and O–H groups in total. The van der Waals surface area contributed by atoms with Gasteiger partial charge in [-0.2, -0.15) is 0 Å². The van der Waals surface area contributed by atoms with Crippen LogP contribution in [0.25, 0.3) is 21.3 Å². The van der Waals surface area contributed by atoms with Crippen molar-refractivity contribution in [2.45, 2.75) is 26.3 Å². The second kappa shape index (κ2) is 9.46. The van der Waals surface area contributed by atoms with Crippen LogP contribution < -0.4 is 20.3 Å². The summed E-state index contributed by atoms with van der Waals surface area (Å²) in [5.74, 6) is 0.751. The number of carbonyl (C=O) groups excluding carboxylic acids is 1. The van der Waals surface area contributed by atoms with Crippen molar-refractivity contribution in [1.82, 2.24) is 9.55 Å². The number of nitrogens with one attached hydrogen (secondary N) is 1. The first-order chi connectivity index (χ1) is 16.0. The Morgan fingerprint density at radius 2 is 1.91 bits per heavy atom. The third-order valence-corrected chi connectivity index (χ3v) is 6.58. The van der Waals surface area contributed by atoms with Gasteiger partial charge in [-0.1, -0.05) is 37.3 Å². The Labute approximate surface area is 195 Å². The van der Waals surface area contributed by atoms with Crippen molar-refractivity contribution < 1.29 is 14.3 Å². The molecule has 8 heteroatoms. The third-order valence-electron chi connectivity index (χ3n) is 5.57. The Bertz CT molecular complexity index is 1360. The summed E-state index contributed by atoms with van der Waals surface area (Å²) in [5.41, 5.74) is 2.06. The van der Waals surface area contributed by atoms with E-state index < -0.39 is 6.04 Å². The minimum Gasteiger partial charge on any atom is -0.497 e. The molecule has 0 saturated heterocycles. The van der Waals surface area contributed by atoms with Crippen molar-refractivity contribution in [1.29, 1.82) is 0 Å². The van der Waals surface area contributed by atoms with Gasteiger partial charge >= 0.3 is 0 Å². The number of aryl methyl sites for hydroxylation is 1. The van der Waals surface area contributed by atoms with Crippen molar-refractivity contribution >= 4 is 33.1 Å². The zero-order valence-corrected chi connectivity index (χ0v) is 19.7. The molecule has 2 aromatic heterocycles. The molecule has 0 aliphatic heterocycles. The van der Waals surface area contributed by atoms with Gasteiger partial charge in [-0.25, -0.2) is 4.98 Å². The molecular formula is C25H25N3O4S. The molecule has 0 bridgehead atoms. The number of amides is 1. The highest BCUT2D eigenvalue weighted by molar-refractivity contribution is 7.19. The van der Waals surface area contributed by atoms with Crippen molar-refractivity contribution in [2.24, 2.45) is 0 Å². The van der Waals surface area contributed by atoms with Gasteiger partial charge in [0.15, 0.2) is 0 Å². The number of hydrogen-bond acceptors (Lipinski definition) is 6. The van der Waals surface area contributed by atoms with E-state index in [1.165, 1.54) is 29.3 Å². The summed E-state index contributed by atoms with van der Waals surface area (Å²) < 4.78 is 12.0. The summed E-state index contributed by atoms with van der Waals surface area (Å²) in [6.07, 6.45) is 1.88. The Balaban J connectivity index is 1.77. The first-order valence-electron chi connectivity index (χ1n) is 10.6. The molecular weight excluding hydrogens is 438 g/mol. The van der Waals surface area contributed by atoms with Crippen LogP contribution in [0, 0.1) is 6.92 Å². The molecule has 4 rings (SSSR count). The predicted octanol–water partition coefficient (Wildman–Crippen LogP) is 5.04. The van der Waals surface area contributed by atoms with E-state index in [9.17, 15) is 9.59 Å². The van der Waals surface area contributed by atoms with Crippen molar-refractivity contribution in [2.75, 3.05) is 19.5 Å². The second-order valence-corrected chi connectivity index (χ2v) is 8.72. The number of carbonyl (C=O) groups is 1. The SMILES string of the molecule is CCC(C(=O)Nc1cc(OC)ccc1OC)n1cnc2sc(C)c(-c3ccccc3)c2c1=O. The summed E-state index contributed by atoms with van der Waals surface area (Å²) in [6.45, 7) is 3.85. The van der Waals surface area contributed by atoms with E-state index in [0.29, 0.717) is 33.8 Å². The number of ether oxygens (including phenoxy) is 2. The van der Waals surface area contributed by atoms with E-state index >= 15 is 0 Å². The minimum absolute atomic E-state index is 0.234. The van der Waals surface area contributed by atoms with Crippen LogP contribution in [0.3, 0.4) is 0 Å². The van der Waals surface area contributed by atoms with Crippen LogP contribution in [0.5, 0.6) is 11.5 Å². The number of thiophene rings is 1. The maximum absolute atomic E-state index is 13.6. The van der Waals surface area contributed by atoms with E-state index in [1.54, 1.807) is 25.3 Å². The highest BCUT2D eigenvalue weighted by atomic mass is 32.1. The smallest absolute Gasteiger partial charge is 0.263 e. The fourth-order valence-corrected chi connectivity index (χ4v) is 4.93. The van der Waals surface area contributed by atoms with Gasteiger partial charge in [-0.15, -0.1) is 11.3 Å². The Morgan fingerprint density at radius 1 is 1.15 bits per heavy atom. The van der Waals surface area contributed by atoms with Crippen LogP contribution in [-0.2, 0) is 4.79 Å². The normalized spacial score (nSPS) is 11.9. The van der Waals surface area contributed by atoms with Crippen molar-refractivity contribution in [3.63, 3.8) is 0 Å². The number of hydrogen-bond donors (Lipinski definition) is 1. The lowest BCUT2D eigenvalue weighted by Crippen LogP contribution is -2.33. The first-order valence-corrected chi connectivity index (χ1v) is 11.4. The van der Waals surface area contributed by atoms with Gasteiger partial charge in [0.1, 0.15) is 22.4 Å². The molecule has 0 spiro atoms. The van der Waals surface area contributed by atoms with Crippen LogP contribution in [0.4, 0.5) is 5.69 Å². The molecule has 1 unspecified atom stereocenters. The third kappa shape index (κ3) is 4.21. The predicted molar refractivity (Wildman–Crippen MR) is 132 cm³/mol. The molecule has 0 radical (unpaired) electrons. The number of fused-ring (bicyclic) bond motifs is 1. The van der Waals surface area contributed by atoms with Crippen molar-refractivity contribution in [3.05, 3.63) is 70.1 Å². The minimum atomic E-state index is -0.742. The van der Waals surface area contributed by atoms with Crippen LogP contribution in [-0.4, -0.2) is 29.7 Å². The number of methoxy groups -OCH3 is 2. The lowest BCUT2D eigenvalue weighted by Gasteiger charge is -2.19. The molecule has 0 aliphatic carbocycles. The van der Waals surface area contributed by atoms with Crippen LogP contribution >= 0.6 is 11.3 Å². The molecule has 2 aromatic carbocycles. The number of nitrogens with zero attached hydrogens (tertiary/aromatic N) is 2. The van der Waals surface area contributed by atoms with E-state index in [0.717, 1.165) is 16.0 Å². The van der Waals surface area contributed by atoms with Crippen LogP contribution in [0.15, 0.2) is 59.7 Å². The molecule has 0 saturated carbocycles. The Hall–Kier alpha value is -3.65. The van der Waals surface area contributed by atoms with E-state index in [2.05, 4.69) is 10.3 Å². The Kier molecular flexibility index (Phi) is 6.46. The lowest BCUT2D eigenvalue weighted by molar-refractivity contribution is -0.119. The van der Waals surface area contributed by atoms with Gasteiger partial charge in [0, 0.05) is 16.5 Å². The van der Waals surface area contributed by atoms with Gasteiger partial charge < -0.3 is 14.8 Å². The molecule has 0 aliphatic rings. The fraction of sp³-hybridized carbons (Fsp3) is 0.240.